The maximum atomic E-state index is 12.0. The molecule has 2 aromatic carbocycles. The van der Waals surface area contributed by atoms with E-state index in [9.17, 15) is 4.79 Å². The molecule has 4 nitrogen and oxygen atoms in total. The molecule has 23 heavy (non-hydrogen) atoms. The van der Waals surface area contributed by atoms with Crippen molar-refractivity contribution in [2.45, 2.75) is 6.92 Å². The number of benzene rings is 2. The van der Waals surface area contributed by atoms with E-state index in [2.05, 4.69) is 23.4 Å². The van der Waals surface area contributed by atoms with Crippen molar-refractivity contribution in [3.63, 3.8) is 0 Å². The lowest BCUT2D eigenvalue weighted by molar-refractivity contribution is 0.103. The molecule has 116 valence electrons. The lowest BCUT2D eigenvalue weighted by atomic mass is 10.1. The first-order valence-electron chi connectivity index (χ1n) is 7.16. The van der Waals surface area contributed by atoms with Gasteiger partial charge in [-0.25, -0.2) is 0 Å². The minimum Gasteiger partial charge on any atom is -0.487 e. The standard InChI is InChI=1S/C19H18N2O2/c1-4-12-23-18-13-15(19(22)14(2)3)10-11-17(18)21-20-16-8-6-5-7-9-16/h4-11,13H,1-2,12H2,3H3. The number of rotatable bonds is 7. The van der Waals surface area contributed by atoms with Crippen LogP contribution in [0, 0.1) is 0 Å². The van der Waals surface area contributed by atoms with Crippen LogP contribution in [0.5, 0.6) is 5.75 Å². The monoisotopic (exact) mass is 306 g/mol. The van der Waals surface area contributed by atoms with Crippen molar-refractivity contribution in [1.29, 1.82) is 0 Å². The second-order valence-corrected chi connectivity index (χ2v) is 4.93. The Morgan fingerprint density at radius 3 is 2.57 bits per heavy atom. The van der Waals surface area contributed by atoms with Gasteiger partial charge in [-0.2, -0.15) is 5.11 Å². The van der Waals surface area contributed by atoms with E-state index in [0.29, 0.717) is 29.2 Å². The maximum Gasteiger partial charge on any atom is 0.188 e. The highest BCUT2D eigenvalue weighted by Crippen LogP contribution is 2.31. The Balaban J connectivity index is 2.34. The average Bonchev–Trinajstić information content (AvgIpc) is 2.58. The summed E-state index contributed by atoms with van der Waals surface area (Å²) in [6.07, 6.45) is 1.63. The molecule has 0 spiro atoms. The number of ketones is 1. The number of carbonyl (C=O) groups is 1. The van der Waals surface area contributed by atoms with Crippen molar-refractivity contribution in [2.24, 2.45) is 10.2 Å². The molecule has 0 fully saturated rings. The van der Waals surface area contributed by atoms with Crippen LogP contribution >= 0.6 is 0 Å². The first kappa shape index (κ1) is 16.4. The number of nitrogens with zero attached hydrogens (tertiary/aromatic N) is 2. The largest absolute Gasteiger partial charge is 0.487 e. The van der Waals surface area contributed by atoms with Crippen LogP contribution in [0.3, 0.4) is 0 Å². The van der Waals surface area contributed by atoms with Crippen LogP contribution < -0.4 is 4.74 Å². The summed E-state index contributed by atoms with van der Waals surface area (Å²) in [6.45, 7) is 9.29. The SMILES string of the molecule is C=CCOc1cc(C(=O)C(=C)C)ccc1N=Nc1ccccc1. The molecule has 2 aromatic rings. The second-order valence-electron chi connectivity index (χ2n) is 4.93. The van der Waals surface area contributed by atoms with Crippen molar-refractivity contribution in [2.75, 3.05) is 6.61 Å². The topological polar surface area (TPSA) is 51.0 Å². The molecule has 0 amide bonds. The molecule has 2 rings (SSSR count). The predicted molar refractivity (Wildman–Crippen MR) is 91.9 cm³/mol. The summed E-state index contributed by atoms with van der Waals surface area (Å²) in [5.41, 5.74) is 2.27. The summed E-state index contributed by atoms with van der Waals surface area (Å²) < 4.78 is 5.59. The van der Waals surface area contributed by atoms with E-state index in [1.807, 2.05) is 30.3 Å². The number of hydrogen-bond donors (Lipinski definition) is 0. The van der Waals surface area contributed by atoms with Crippen LogP contribution in [0.2, 0.25) is 0 Å². The summed E-state index contributed by atoms with van der Waals surface area (Å²) in [7, 11) is 0. The predicted octanol–water partition coefficient (Wildman–Crippen LogP) is 5.43. The van der Waals surface area contributed by atoms with Crippen molar-refractivity contribution < 1.29 is 9.53 Å². The zero-order valence-electron chi connectivity index (χ0n) is 13.0. The third-order valence-corrected chi connectivity index (χ3v) is 3.00. The third-order valence-electron chi connectivity index (χ3n) is 3.00. The normalized spacial score (nSPS) is 10.5. The van der Waals surface area contributed by atoms with Gasteiger partial charge in [0.25, 0.3) is 0 Å². The van der Waals surface area contributed by atoms with E-state index in [1.54, 1.807) is 31.2 Å². The number of carbonyl (C=O) groups excluding carboxylic acids is 1. The highest BCUT2D eigenvalue weighted by Gasteiger charge is 2.11. The first-order chi connectivity index (χ1) is 11.1. The summed E-state index contributed by atoms with van der Waals surface area (Å²) >= 11 is 0. The number of allylic oxidation sites excluding steroid dienone is 1. The Morgan fingerprint density at radius 2 is 1.91 bits per heavy atom. The van der Waals surface area contributed by atoms with Gasteiger partial charge in [0.1, 0.15) is 18.0 Å². The fraction of sp³-hybridized carbons (Fsp3) is 0.105. The highest BCUT2D eigenvalue weighted by atomic mass is 16.5. The fourth-order valence-corrected chi connectivity index (χ4v) is 1.85. The van der Waals surface area contributed by atoms with E-state index >= 15 is 0 Å². The Morgan fingerprint density at radius 1 is 1.17 bits per heavy atom. The van der Waals surface area contributed by atoms with Crippen LogP contribution in [0.25, 0.3) is 0 Å². The van der Waals surface area contributed by atoms with Crippen molar-refractivity contribution in [3.8, 4) is 5.75 Å². The first-order valence-corrected chi connectivity index (χ1v) is 7.16. The van der Waals surface area contributed by atoms with E-state index in [-0.39, 0.29) is 5.78 Å². The quantitative estimate of drug-likeness (QED) is 0.296. The molecule has 4 heteroatoms. The van der Waals surface area contributed by atoms with Gasteiger partial charge in [0.2, 0.25) is 0 Å². The minimum atomic E-state index is -0.125. The lowest BCUT2D eigenvalue weighted by Crippen LogP contribution is -2.01. The molecule has 0 unspecified atom stereocenters. The molecule has 0 aromatic heterocycles. The Bertz CT molecular complexity index is 749. The van der Waals surface area contributed by atoms with Crippen LogP contribution in [-0.2, 0) is 0 Å². The summed E-state index contributed by atoms with van der Waals surface area (Å²) in [6, 6.07) is 14.4. The van der Waals surface area contributed by atoms with Crippen LogP contribution in [-0.4, -0.2) is 12.4 Å². The molecule has 0 saturated heterocycles. The van der Waals surface area contributed by atoms with Gasteiger partial charge in [-0.15, -0.1) is 5.11 Å². The van der Waals surface area contributed by atoms with Gasteiger partial charge in [-0.05, 0) is 42.8 Å². The van der Waals surface area contributed by atoms with Gasteiger partial charge in [0, 0.05) is 5.56 Å². The third kappa shape index (κ3) is 4.48. The smallest absolute Gasteiger partial charge is 0.188 e. The van der Waals surface area contributed by atoms with E-state index < -0.39 is 0 Å². The summed E-state index contributed by atoms with van der Waals surface area (Å²) in [5, 5.41) is 8.38. The summed E-state index contributed by atoms with van der Waals surface area (Å²) in [5.74, 6) is 0.358. The second kappa shape index (κ2) is 7.84. The number of hydrogen-bond acceptors (Lipinski definition) is 4. The van der Waals surface area contributed by atoms with E-state index in [0.717, 1.165) is 5.69 Å². The van der Waals surface area contributed by atoms with Crippen molar-refractivity contribution in [3.05, 3.63) is 78.9 Å². The molecule has 0 atom stereocenters. The van der Waals surface area contributed by atoms with E-state index in [4.69, 9.17) is 4.74 Å². The molecule has 0 aliphatic carbocycles. The van der Waals surface area contributed by atoms with Crippen LogP contribution in [0.1, 0.15) is 17.3 Å². The molecule has 0 heterocycles. The molecular weight excluding hydrogens is 288 g/mol. The average molecular weight is 306 g/mol. The van der Waals surface area contributed by atoms with Gasteiger partial charge >= 0.3 is 0 Å². The van der Waals surface area contributed by atoms with Gasteiger partial charge in [-0.1, -0.05) is 37.4 Å². The molecule has 0 saturated carbocycles. The minimum absolute atomic E-state index is 0.125. The number of ether oxygens (including phenoxy) is 1. The zero-order valence-corrected chi connectivity index (χ0v) is 13.0. The Labute approximate surface area is 135 Å². The summed E-state index contributed by atoms with van der Waals surface area (Å²) in [4.78, 5) is 12.0. The number of Topliss-reactive ketones (excluding diaryl/α,β-unsaturated/α-hetero) is 1. The molecule has 0 aliphatic heterocycles. The number of azo groups is 1. The Kier molecular flexibility index (Phi) is 5.58. The Hall–Kier alpha value is -3.01. The van der Waals surface area contributed by atoms with Crippen LogP contribution in [0.15, 0.2) is 83.6 Å². The van der Waals surface area contributed by atoms with Gasteiger partial charge in [0.15, 0.2) is 5.78 Å². The fourth-order valence-electron chi connectivity index (χ4n) is 1.85. The molecular formula is C19H18N2O2. The molecule has 0 N–H and O–H groups in total. The van der Waals surface area contributed by atoms with Gasteiger partial charge in [0.05, 0.1) is 5.69 Å². The zero-order chi connectivity index (χ0) is 16.7. The molecule has 0 radical (unpaired) electrons. The maximum absolute atomic E-state index is 12.0. The van der Waals surface area contributed by atoms with Crippen molar-refractivity contribution >= 4 is 17.2 Å². The van der Waals surface area contributed by atoms with Gasteiger partial charge < -0.3 is 4.74 Å². The molecule has 0 bridgehead atoms. The molecule has 0 aliphatic rings. The van der Waals surface area contributed by atoms with Gasteiger partial charge in [-0.3, -0.25) is 4.79 Å². The van der Waals surface area contributed by atoms with E-state index in [1.165, 1.54) is 0 Å². The highest BCUT2D eigenvalue weighted by molar-refractivity contribution is 6.08. The van der Waals surface area contributed by atoms with Crippen LogP contribution in [0.4, 0.5) is 11.4 Å². The van der Waals surface area contributed by atoms with Crippen molar-refractivity contribution in [1.82, 2.24) is 0 Å². The lowest BCUT2D eigenvalue weighted by Gasteiger charge is -2.08.